The Morgan fingerprint density at radius 3 is 2.62 bits per heavy atom. The molecular formula is C11H13NO4. The van der Waals surface area contributed by atoms with E-state index in [-0.39, 0.29) is 0 Å². The molecule has 1 heterocycles. The van der Waals surface area contributed by atoms with Crippen molar-refractivity contribution in [3.63, 3.8) is 0 Å². The zero-order chi connectivity index (χ0) is 11.5. The average molecular weight is 223 g/mol. The SMILES string of the molecule is CN(C(=O)O)c1ccccc1C1OCCO1. The molecule has 1 aromatic carbocycles. The number of carbonyl (C=O) groups is 1. The van der Waals surface area contributed by atoms with Gasteiger partial charge in [0, 0.05) is 12.6 Å². The molecule has 0 aliphatic carbocycles. The predicted molar refractivity (Wildman–Crippen MR) is 57.5 cm³/mol. The fraction of sp³-hybridized carbons (Fsp3) is 0.364. The lowest BCUT2D eigenvalue weighted by Gasteiger charge is -2.20. The highest BCUT2D eigenvalue weighted by Crippen LogP contribution is 2.31. The number of nitrogens with zero attached hydrogens (tertiary/aromatic N) is 1. The van der Waals surface area contributed by atoms with Gasteiger partial charge in [0.2, 0.25) is 0 Å². The maximum atomic E-state index is 10.9. The Morgan fingerprint density at radius 2 is 2.00 bits per heavy atom. The van der Waals surface area contributed by atoms with E-state index in [4.69, 9.17) is 14.6 Å². The molecule has 0 radical (unpaired) electrons. The van der Waals surface area contributed by atoms with E-state index in [1.54, 1.807) is 12.1 Å². The molecule has 5 heteroatoms. The van der Waals surface area contributed by atoms with Crippen LogP contribution in [0.2, 0.25) is 0 Å². The van der Waals surface area contributed by atoms with Crippen LogP contribution in [0.5, 0.6) is 0 Å². The van der Waals surface area contributed by atoms with Crippen LogP contribution in [0, 0.1) is 0 Å². The topological polar surface area (TPSA) is 59.0 Å². The van der Waals surface area contributed by atoms with Gasteiger partial charge in [-0.2, -0.15) is 0 Å². The van der Waals surface area contributed by atoms with Crippen LogP contribution >= 0.6 is 0 Å². The number of anilines is 1. The number of hydrogen-bond donors (Lipinski definition) is 1. The molecule has 1 aromatic rings. The number of rotatable bonds is 2. The van der Waals surface area contributed by atoms with Crippen molar-refractivity contribution in [1.82, 2.24) is 0 Å². The van der Waals surface area contributed by atoms with Crippen LogP contribution in [0.1, 0.15) is 11.9 Å². The van der Waals surface area contributed by atoms with Gasteiger partial charge in [-0.1, -0.05) is 18.2 Å². The lowest BCUT2D eigenvalue weighted by Crippen LogP contribution is -2.25. The van der Waals surface area contributed by atoms with Crippen LogP contribution in [0.25, 0.3) is 0 Å². The van der Waals surface area contributed by atoms with Gasteiger partial charge in [-0.25, -0.2) is 4.79 Å². The van der Waals surface area contributed by atoms with Crippen molar-refractivity contribution in [2.45, 2.75) is 6.29 Å². The summed E-state index contributed by atoms with van der Waals surface area (Å²) in [6.45, 7) is 1.07. The van der Waals surface area contributed by atoms with Gasteiger partial charge in [-0.3, -0.25) is 4.90 Å². The summed E-state index contributed by atoms with van der Waals surface area (Å²) in [6, 6.07) is 7.16. The van der Waals surface area contributed by atoms with E-state index in [0.717, 1.165) is 10.5 Å². The number of amides is 1. The first-order valence-electron chi connectivity index (χ1n) is 4.99. The maximum Gasteiger partial charge on any atom is 0.411 e. The lowest BCUT2D eigenvalue weighted by atomic mass is 10.1. The summed E-state index contributed by atoms with van der Waals surface area (Å²) in [4.78, 5) is 12.1. The Hall–Kier alpha value is -1.59. The number of benzene rings is 1. The summed E-state index contributed by atoms with van der Waals surface area (Å²) in [5.41, 5.74) is 1.33. The molecule has 5 nitrogen and oxygen atoms in total. The molecule has 0 unspecified atom stereocenters. The van der Waals surface area contributed by atoms with Gasteiger partial charge in [0.15, 0.2) is 6.29 Å². The van der Waals surface area contributed by atoms with Crippen molar-refractivity contribution >= 4 is 11.8 Å². The zero-order valence-electron chi connectivity index (χ0n) is 8.92. The lowest BCUT2D eigenvalue weighted by molar-refractivity contribution is -0.0436. The van der Waals surface area contributed by atoms with Gasteiger partial charge >= 0.3 is 6.09 Å². The van der Waals surface area contributed by atoms with Crippen LogP contribution in [0.4, 0.5) is 10.5 Å². The Kier molecular flexibility index (Phi) is 3.07. The van der Waals surface area contributed by atoms with Crippen molar-refractivity contribution in [2.24, 2.45) is 0 Å². The van der Waals surface area contributed by atoms with Gasteiger partial charge < -0.3 is 14.6 Å². The number of carboxylic acid groups (broad SMARTS) is 1. The second-order valence-electron chi connectivity index (χ2n) is 3.47. The third-order valence-electron chi connectivity index (χ3n) is 2.46. The number of hydrogen-bond acceptors (Lipinski definition) is 3. The second-order valence-corrected chi connectivity index (χ2v) is 3.47. The third-order valence-corrected chi connectivity index (χ3v) is 2.46. The monoisotopic (exact) mass is 223 g/mol. The van der Waals surface area contributed by atoms with Gasteiger partial charge in [0.1, 0.15) is 0 Å². The smallest absolute Gasteiger partial charge is 0.411 e. The minimum Gasteiger partial charge on any atom is -0.465 e. The molecule has 1 N–H and O–H groups in total. The largest absolute Gasteiger partial charge is 0.465 e. The fourth-order valence-corrected chi connectivity index (χ4v) is 1.63. The molecule has 0 aromatic heterocycles. The number of ether oxygens (including phenoxy) is 2. The number of para-hydroxylation sites is 1. The van der Waals surface area contributed by atoms with Gasteiger partial charge in [-0.05, 0) is 6.07 Å². The second kappa shape index (κ2) is 4.51. The van der Waals surface area contributed by atoms with E-state index in [2.05, 4.69) is 0 Å². The standard InChI is InChI=1S/C11H13NO4/c1-12(11(13)14)9-5-3-2-4-8(9)10-15-6-7-16-10/h2-5,10H,6-7H2,1H3,(H,13,14). The molecule has 0 spiro atoms. The first kappa shape index (κ1) is 10.9. The summed E-state index contributed by atoms with van der Waals surface area (Å²) >= 11 is 0. The van der Waals surface area contributed by atoms with Crippen LogP contribution in [-0.4, -0.2) is 31.5 Å². The molecule has 86 valence electrons. The summed E-state index contributed by atoms with van der Waals surface area (Å²) in [5, 5.41) is 8.95. The van der Waals surface area contributed by atoms with Gasteiger partial charge in [0.25, 0.3) is 0 Å². The Labute approximate surface area is 93.2 Å². The minimum absolute atomic E-state index is 0.460. The van der Waals surface area contributed by atoms with Gasteiger partial charge in [0.05, 0.1) is 18.9 Å². The van der Waals surface area contributed by atoms with E-state index in [9.17, 15) is 4.79 Å². The molecule has 1 aliphatic heterocycles. The normalized spacial score (nSPS) is 16.3. The quantitative estimate of drug-likeness (QED) is 0.831. The molecule has 1 fully saturated rings. The molecule has 0 bridgehead atoms. The van der Waals surface area contributed by atoms with Crippen molar-refractivity contribution in [3.8, 4) is 0 Å². The summed E-state index contributed by atoms with van der Waals surface area (Å²) in [7, 11) is 1.50. The zero-order valence-corrected chi connectivity index (χ0v) is 8.92. The van der Waals surface area contributed by atoms with Crippen LogP contribution < -0.4 is 4.90 Å². The van der Waals surface area contributed by atoms with Crippen molar-refractivity contribution in [2.75, 3.05) is 25.2 Å². The van der Waals surface area contributed by atoms with Crippen LogP contribution in [0.3, 0.4) is 0 Å². The van der Waals surface area contributed by atoms with Crippen LogP contribution in [0.15, 0.2) is 24.3 Å². The Morgan fingerprint density at radius 1 is 1.38 bits per heavy atom. The fourth-order valence-electron chi connectivity index (χ4n) is 1.63. The highest BCUT2D eigenvalue weighted by atomic mass is 16.7. The summed E-state index contributed by atoms with van der Waals surface area (Å²) < 4.78 is 10.7. The van der Waals surface area contributed by atoms with Gasteiger partial charge in [-0.15, -0.1) is 0 Å². The molecule has 1 saturated heterocycles. The molecule has 1 amide bonds. The summed E-state index contributed by atoms with van der Waals surface area (Å²) in [6.07, 6.45) is -1.47. The molecular weight excluding hydrogens is 210 g/mol. The van der Waals surface area contributed by atoms with E-state index in [1.807, 2.05) is 12.1 Å². The molecule has 1 aliphatic rings. The maximum absolute atomic E-state index is 10.9. The van der Waals surface area contributed by atoms with Crippen LogP contribution in [-0.2, 0) is 9.47 Å². The Balaban J connectivity index is 2.33. The average Bonchev–Trinajstić information content (AvgIpc) is 2.81. The highest BCUT2D eigenvalue weighted by molar-refractivity contribution is 5.86. The van der Waals surface area contributed by atoms with Crippen molar-refractivity contribution in [3.05, 3.63) is 29.8 Å². The molecule has 0 saturated carbocycles. The third kappa shape index (κ3) is 2.00. The van der Waals surface area contributed by atoms with E-state index in [0.29, 0.717) is 18.9 Å². The van der Waals surface area contributed by atoms with E-state index in [1.165, 1.54) is 7.05 Å². The summed E-state index contributed by atoms with van der Waals surface area (Å²) in [5.74, 6) is 0. The van der Waals surface area contributed by atoms with E-state index >= 15 is 0 Å². The molecule has 16 heavy (non-hydrogen) atoms. The first-order valence-corrected chi connectivity index (χ1v) is 4.99. The first-order chi connectivity index (χ1) is 7.70. The molecule has 0 atom stereocenters. The Bertz CT molecular complexity index is 387. The highest BCUT2D eigenvalue weighted by Gasteiger charge is 2.23. The van der Waals surface area contributed by atoms with E-state index < -0.39 is 12.4 Å². The predicted octanol–water partition coefficient (Wildman–Crippen LogP) is 1.85. The minimum atomic E-state index is -1.01. The van der Waals surface area contributed by atoms with Crippen molar-refractivity contribution in [1.29, 1.82) is 0 Å². The molecule has 2 rings (SSSR count). The van der Waals surface area contributed by atoms with Crippen molar-refractivity contribution < 1.29 is 19.4 Å².